The minimum Gasteiger partial charge on any atom is -0.383 e. The summed E-state index contributed by atoms with van der Waals surface area (Å²) < 4.78 is 6.54. The number of rotatable bonds is 9. The highest BCUT2D eigenvalue weighted by molar-refractivity contribution is 9.10. The molecule has 3 rings (SSSR count). The minimum absolute atomic E-state index is 0.184. The number of benzene rings is 3. The molecular formula is C25H29BrN2O. The molecule has 0 fully saturated rings. The molecule has 0 aromatic heterocycles. The second-order valence-electron chi connectivity index (χ2n) is 7.52. The smallest absolute Gasteiger partial charge is 0.0667 e. The van der Waals surface area contributed by atoms with Crippen LogP contribution in [0.5, 0.6) is 0 Å². The van der Waals surface area contributed by atoms with Crippen LogP contribution in [-0.4, -0.2) is 19.8 Å². The summed E-state index contributed by atoms with van der Waals surface area (Å²) in [5.41, 5.74) is 7.27. The number of nitrogens with one attached hydrogen (secondary N) is 2. The zero-order chi connectivity index (χ0) is 20.6. The van der Waals surface area contributed by atoms with Crippen molar-refractivity contribution in [1.82, 2.24) is 0 Å². The Bertz CT molecular complexity index is 907. The Hall–Kier alpha value is -2.30. The molecule has 0 saturated heterocycles. The highest BCUT2D eigenvalue weighted by Gasteiger charge is 2.12. The van der Waals surface area contributed by atoms with Crippen molar-refractivity contribution in [3.05, 3.63) is 93.5 Å². The first-order chi connectivity index (χ1) is 14.0. The maximum atomic E-state index is 5.48. The van der Waals surface area contributed by atoms with Crippen LogP contribution < -0.4 is 10.6 Å². The van der Waals surface area contributed by atoms with Gasteiger partial charge in [-0.3, -0.25) is 0 Å². The molecule has 0 bridgehead atoms. The van der Waals surface area contributed by atoms with Crippen molar-refractivity contribution in [3.8, 4) is 0 Å². The molecule has 152 valence electrons. The molecule has 3 aromatic carbocycles. The van der Waals surface area contributed by atoms with Crippen LogP contribution in [0.3, 0.4) is 0 Å². The van der Waals surface area contributed by atoms with Crippen molar-refractivity contribution in [2.24, 2.45) is 0 Å². The first kappa shape index (κ1) is 21.4. The minimum atomic E-state index is 0.184. The van der Waals surface area contributed by atoms with E-state index in [0.717, 1.165) is 28.8 Å². The van der Waals surface area contributed by atoms with Crippen molar-refractivity contribution >= 4 is 27.3 Å². The van der Waals surface area contributed by atoms with E-state index in [1.165, 1.54) is 22.3 Å². The lowest BCUT2D eigenvalue weighted by Crippen LogP contribution is -2.28. The molecule has 1 atom stereocenters. The van der Waals surface area contributed by atoms with Crippen molar-refractivity contribution in [2.75, 3.05) is 24.4 Å². The predicted molar refractivity (Wildman–Crippen MR) is 127 cm³/mol. The van der Waals surface area contributed by atoms with E-state index in [-0.39, 0.29) is 6.04 Å². The third-order valence-corrected chi connectivity index (χ3v) is 5.41. The quantitative estimate of drug-likeness (QED) is 0.396. The zero-order valence-electron chi connectivity index (χ0n) is 17.3. The molecule has 0 spiro atoms. The Morgan fingerprint density at radius 3 is 2.07 bits per heavy atom. The molecule has 0 aliphatic heterocycles. The molecule has 0 amide bonds. The predicted octanol–water partition coefficient (Wildman–Crippen LogP) is 6.35. The zero-order valence-corrected chi connectivity index (χ0v) is 18.9. The normalized spacial score (nSPS) is 11.9. The lowest BCUT2D eigenvalue weighted by atomic mass is 10.0. The Kier molecular flexibility index (Phi) is 7.73. The van der Waals surface area contributed by atoms with Gasteiger partial charge in [0.25, 0.3) is 0 Å². The van der Waals surface area contributed by atoms with Crippen LogP contribution in [0, 0.1) is 13.8 Å². The Morgan fingerprint density at radius 1 is 0.828 bits per heavy atom. The molecule has 29 heavy (non-hydrogen) atoms. The van der Waals surface area contributed by atoms with Gasteiger partial charge >= 0.3 is 0 Å². The van der Waals surface area contributed by atoms with Gasteiger partial charge in [0.2, 0.25) is 0 Å². The van der Waals surface area contributed by atoms with Gasteiger partial charge in [0.05, 0.1) is 24.0 Å². The SMILES string of the molecule is COC[C@H](Cc1ccc(C)cc1)Nc1ccc(Br)cc1NCc1ccc(C)cc1. The molecule has 3 aromatic rings. The van der Waals surface area contributed by atoms with Crippen LogP contribution in [0.15, 0.2) is 71.2 Å². The summed E-state index contributed by atoms with van der Waals surface area (Å²) in [6.07, 6.45) is 0.904. The fourth-order valence-electron chi connectivity index (χ4n) is 3.27. The molecule has 2 N–H and O–H groups in total. The van der Waals surface area contributed by atoms with Gasteiger partial charge in [0, 0.05) is 18.1 Å². The third-order valence-electron chi connectivity index (χ3n) is 4.92. The number of anilines is 2. The van der Waals surface area contributed by atoms with Gasteiger partial charge in [-0.25, -0.2) is 0 Å². The number of methoxy groups -OCH3 is 1. The Morgan fingerprint density at radius 2 is 1.45 bits per heavy atom. The molecule has 0 heterocycles. The molecule has 0 saturated carbocycles. The Labute approximate surface area is 182 Å². The summed E-state index contributed by atoms with van der Waals surface area (Å²) >= 11 is 3.60. The fraction of sp³-hybridized carbons (Fsp3) is 0.280. The second-order valence-corrected chi connectivity index (χ2v) is 8.43. The number of hydrogen-bond acceptors (Lipinski definition) is 3. The highest BCUT2D eigenvalue weighted by Crippen LogP contribution is 2.28. The van der Waals surface area contributed by atoms with Gasteiger partial charge in [0.1, 0.15) is 0 Å². The molecule has 0 aliphatic rings. The number of halogens is 1. The van der Waals surface area contributed by atoms with Crippen molar-refractivity contribution in [2.45, 2.75) is 32.9 Å². The van der Waals surface area contributed by atoms with E-state index >= 15 is 0 Å². The standard InChI is InChI=1S/C25H29BrN2O/c1-18-4-8-20(9-5-18)14-23(17-29-3)28-24-13-12-22(26)15-25(24)27-16-21-10-6-19(2)7-11-21/h4-13,15,23,27-28H,14,16-17H2,1-3H3/t23-/m0/s1. The van der Waals surface area contributed by atoms with Crippen LogP contribution in [0.1, 0.15) is 22.3 Å². The van der Waals surface area contributed by atoms with Crippen molar-refractivity contribution in [3.63, 3.8) is 0 Å². The maximum absolute atomic E-state index is 5.48. The average molecular weight is 453 g/mol. The lowest BCUT2D eigenvalue weighted by molar-refractivity contribution is 0.185. The van der Waals surface area contributed by atoms with Crippen LogP contribution in [0.25, 0.3) is 0 Å². The van der Waals surface area contributed by atoms with Gasteiger partial charge in [0.15, 0.2) is 0 Å². The van der Waals surface area contributed by atoms with E-state index < -0.39 is 0 Å². The molecule has 3 nitrogen and oxygen atoms in total. The summed E-state index contributed by atoms with van der Waals surface area (Å²) in [4.78, 5) is 0. The lowest BCUT2D eigenvalue weighted by Gasteiger charge is -2.22. The fourth-order valence-corrected chi connectivity index (χ4v) is 3.63. The third kappa shape index (κ3) is 6.62. The molecule has 0 radical (unpaired) electrons. The van der Waals surface area contributed by atoms with Gasteiger partial charge in [-0.15, -0.1) is 0 Å². The summed E-state index contributed by atoms with van der Waals surface area (Å²) in [5.74, 6) is 0. The van der Waals surface area contributed by atoms with E-state index in [9.17, 15) is 0 Å². The highest BCUT2D eigenvalue weighted by atomic mass is 79.9. The monoisotopic (exact) mass is 452 g/mol. The number of ether oxygens (including phenoxy) is 1. The van der Waals surface area contributed by atoms with E-state index in [4.69, 9.17) is 4.74 Å². The molecule has 0 aliphatic carbocycles. The summed E-state index contributed by atoms with van der Waals surface area (Å²) in [7, 11) is 1.75. The summed E-state index contributed by atoms with van der Waals surface area (Å²) in [6, 6.07) is 23.8. The van der Waals surface area contributed by atoms with E-state index in [1.807, 2.05) is 0 Å². The van der Waals surface area contributed by atoms with E-state index in [1.54, 1.807) is 7.11 Å². The van der Waals surface area contributed by atoms with Gasteiger partial charge in [-0.1, -0.05) is 75.6 Å². The largest absolute Gasteiger partial charge is 0.383 e. The van der Waals surface area contributed by atoms with Crippen molar-refractivity contribution < 1.29 is 4.74 Å². The maximum Gasteiger partial charge on any atom is 0.0667 e. The Balaban J connectivity index is 1.73. The average Bonchev–Trinajstić information content (AvgIpc) is 2.71. The number of aryl methyl sites for hydroxylation is 2. The van der Waals surface area contributed by atoms with E-state index in [0.29, 0.717) is 6.61 Å². The first-order valence-electron chi connectivity index (χ1n) is 9.93. The van der Waals surface area contributed by atoms with Gasteiger partial charge in [-0.2, -0.15) is 0 Å². The molecular weight excluding hydrogens is 424 g/mol. The second kappa shape index (κ2) is 10.5. The van der Waals surface area contributed by atoms with Gasteiger partial charge < -0.3 is 15.4 Å². The molecule has 0 unspecified atom stereocenters. The van der Waals surface area contributed by atoms with Crippen LogP contribution in [0.2, 0.25) is 0 Å². The molecule has 4 heteroatoms. The summed E-state index contributed by atoms with van der Waals surface area (Å²) in [6.45, 7) is 5.64. The topological polar surface area (TPSA) is 33.3 Å². The summed E-state index contributed by atoms with van der Waals surface area (Å²) in [5, 5.41) is 7.25. The van der Waals surface area contributed by atoms with Gasteiger partial charge in [-0.05, 0) is 49.6 Å². The van der Waals surface area contributed by atoms with Crippen LogP contribution >= 0.6 is 15.9 Å². The van der Waals surface area contributed by atoms with E-state index in [2.05, 4.69) is 107 Å². The van der Waals surface area contributed by atoms with Crippen LogP contribution in [-0.2, 0) is 17.7 Å². The van der Waals surface area contributed by atoms with Crippen molar-refractivity contribution in [1.29, 1.82) is 0 Å². The number of hydrogen-bond donors (Lipinski definition) is 2. The van der Waals surface area contributed by atoms with Crippen LogP contribution in [0.4, 0.5) is 11.4 Å². The first-order valence-corrected chi connectivity index (χ1v) is 10.7.